The predicted octanol–water partition coefficient (Wildman–Crippen LogP) is 6.19. The molecule has 0 spiro atoms. The van der Waals surface area contributed by atoms with Crippen molar-refractivity contribution in [1.29, 1.82) is 0 Å². The van der Waals surface area contributed by atoms with Crippen LogP contribution in [0.1, 0.15) is 56.7 Å². The number of allylic oxidation sites excluding steroid dienone is 6. The van der Waals surface area contributed by atoms with Gasteiger partial charge in [0.1, 0.15) is 0 Å². The molecule has 1 heterocycles. The van der Waals surface area contributed by atoms with Crippen molar-refractivity contribution >= 4 is 11.5 Å². The van der Waals surface area contributed by atoms with Crippen LogP contribution in [-0.4, -0.2) is 17.0 Å². The van der Waals surface area contributed by atoms with Crippen LogP contribution in [0.25, 0.3) is 5.57 Å². The number of carbonyl (C=O) groups is 1. The summed E-state index contributed by atoms with van der Waals surface area (Å²) in [4.78, 5) is 13.7. The monoisotopic (exact) mass is 377 g/mol. The van der Waals surface area contributed by atoms with Crippen molar-refractivity contribution in [2.45, 2.75) is 59.3 Å². The first kappa shape index (κ1) is 21.0. The van der Waals surface area contributed by atoms with E-state index in [0.29, 0.717) is 37.9 Å². The first-order valence-electron chi connectivity index (χ1n) is 9.32. The fourth-order valence-corrected chi connectivity index (χ4v) is 3.16. The fourth-order valence-electron chi connectivity index (χ4n) is 3.16. The summed E-state index contributed by atoms with van der Waals surface area (Å²) in [6.07, 6.45) is 3.14. The largest absolute Gasteiger partial charge is 0.416 e. The van der Waals surface area contributed by atoms with Gasteiger partial charge in [0.15, 0.2) is 0 Å². The van der Waals surface area contributed by atoms with Gasteiger partial charge in [0.25, 0.3) is 0 Å². The first-order valence-corrected chi connectivity index (χ1v) is 9.32. The molecule has 0 saturated heterocycles. The summed E-state index contributed by atoms with van der Waals surface area (Å²) < 4.78 is 41.1. The van der Waals surface area contributed by atoms with Crippen molar-refractivity contribution < 1.29 is 18.0 Å². The third-order valence-corrected chi connectivity index (χ3v) is 4.58. The Bertz CT molecular complexity index is 772. The van der Waals surface area contributed by atoms with E-state index in [0.717, 1.165) is 11.1 Å². The van der Waals surface area contributed by atoms with Crippen molar-refractivity contribution in [2.24, 2.45) is 0 Å². The van der Waals surface area contributed by atoms with Crippen molar-refractivity contribution in [1.82, 2.24) is 4.90 Å². The maximum absolute atomic E-state index is 13.7. The molecule has 27 heavy (non-hydrogen) atoms. The van der Waals surface area contributed by atoms with Crippen LogP contribution in [0, 0.1) is 0 Å². The third kappa shape index (κ3) is 5.12. The molecule has 0 N–H and O–H groups in total. The summed E-state index contributed by atoms with van der Waals surface area (Å²) in [7, 11) is 0. The highest BCUT2D eigenvalue weighted by atomic mass is 19.4. The molecule has 0 aromatic heterocycles. The van der Waals surface area contributed by atoms with Gasteiger partial charge in [0.05, 0.1) is 5.57 Å². The van der Waals surface area contributed by atoms with Gasteiger partial charge in [-0.3, -0.25) is 4.79 Å². The van der Waals surface area contributed by atoms with Gasteiger partial charge < -0.3 is 4.90 Å². The molecule has 1 aromatic rings. The average molecular weight is 377 g/mol. The highest BCUT2D eigenvalue weighted by Crippen LogP contribution is 2.38. The van der Waals surface area contributed by atoms with Gasteiger partial charge in [0, 0.05) is 19.5 Å². The number of amides is 1. The number of halogens is 3. The first-order chi connectivity index (χ1) is 12.8. The molecule has 5 heteroatoms. The molecule has 1 aliphatic heterocycles. The van der Waals surface area contributed by atoms with Gasteiger partial charge in [-0.25, -0.2) is 0 Å². The van der Waals surface area contributed by atoms with E-state index in [9.17, 15) is 18.0 Å². The molecule has 1 amide bonds. The van der Waals surface area contributed by atoms with Crippen LogP contribution in [0.4, 0.5) is 13.2 Å². The zero-order chi connectivity index (χ0) is 20.0. The van der Waals surface area contributed by atoms with Crippen LogP contribution in [0.15, 0.2) is 48.1 Å². The summed E-state index contributed by atoms with van der Waals surface area (Å²) in [6.45, 7) is 6.41. The smallest absolute Gasteiger partial charge is 0.334 e. The lowest BCUT2D eigenvalue weighted by Gasteiger charge is -2.17. The Labute approximate surface area is 159 Å². The second kappa shape index (κ2) is 9.07. The van der Waals surface area contributed by atoms with Crippen molar-refractivity contribution in [3.8, 4) is 0 Å². The molecule has 0 fully saturated rings. The van der Waals surface area contributed by atoms with E-state index >= 15 is 0 Å². The summed E-state index contributed by atoms with van der Waals surface area (Å²) in [5.74, 6) is 0.0521. The number of benzene rings is 1. The molecular weight excluding hydrogens is 351 g/mol. The van der Waals surface area contributed by atoms with Gasteiger partial charge in [0.2, 0.25) is 5.91 Å². The normalized spacial score (nSPS) is 15.6. The minimum atomic E-state index is -4.42. The molecule has 0 unspecified atom stereocenters. The molecule has 1 aliphatic rings. The molecule has 0 aliphatic carbocycles. The van der Waals surface area contributed by atoms with E-state index in [1.807, 2.05) is 19.9 Å². The SMILES string of the molecule is C\C=C/C=C(\C(=C\CCC)C(F)(F)F)c1ccc2c(c1)CN(C(=O)CC)C2. The number of alkyl halides is 3. The van der Waals surface area contributed by atoms with Gasteiger partial charge in [-0.05, 0) is 41.7 Å². The van der Waals surface area contributed by atoms with Crippen molar-refractivity contribution in [3.05, 3.63) is 64.8 Å². The molecule has 2 nitrogen and oxygen atoms in total. The Kier molecular flexibility index (Phi) is 7.05. The van der Waals surface area contributed by atoms with Gasteiger partial charge >= 0.3 is 6.18 Å². The van der Waals surface area contributed by atoms with Crippen LogP contribution in [0.2, 0.25) is 0 Å². The van der Waals surface area contributed by atoms with E-state index in [2.05, 4.69) is 0 Å². The molecule has 0 radical (unpaired) electrons. The Balaban J connectivity index is 2.47. The quantitative estimate of drug-likeness (QED) is 0.542. The maximum Gasteiger partial charge on any atom is 0.416 e. The summed E-state index contributed by atoms with van der Waals surface area (Å²) >= 11 is 0. The van der Waals surface area contributed by atoms with E-state index in [1.54, 1.807) is 36.1 Å². The molecule has 146 valence electrons. The van der Waals surface area contributed by atoms with Crippen LogP contribution in [0.3, 0.4) is 0 Å². The zero-order valence-electron chi connectivity index (χ0n) is 16.1. The minimum absolute atomic E-state index is 0.0521. The average Bonchev–Trinajstić information content (AvgIpc) is 3.06. The Hall–Kier alpha value is -2.30. The molecule has 0 atom stereocenters. The Morgan fingerprint density at radius 3 is 2.48 bits per heavy atom. The second-order valence-corrected chi connectivity index (χ2v) is 6.60. The zero-order valence-corrected chi connectivity index (χ0v) is 16.1. The van der Waals surface area contributed by atoms with E-state index < -0.39 is 11.7 Å². The van der Waals surface area contributed by atoms with Crippen molar-refractivity contribution in [2.75, 3.05) is 0 Å². The number of rotatable bonds is 6. The Morgan fingerprint density at radius 1 is 1.19 bits per heavy atom. The topological polar surface area (TPSA) is 20.3 Å². The number of hydrogen-bond donors (Lipinski definition) is 0. The maximum atomic E-state index is 13.7. The highest BCUT2D eigenvalue weighted by molar-refractivity contribution is 5.82. The lowest BCUT2D eigenvalue weighted by Crippen LogP contribution is -2.23. The van der Waals surface area contributed by atoms with E-state index in [-0.39, 0.29) is 11.5 Å². The van der Waals surface area contributed by atoms with Crippen LogP contribution in [0.5, 0.6) is 0 Å². The third-order valence-electron chi connectivity index (χ3n) is 4.58. The molecule has 1 aromatic carbocycles. The summed E-state index contributed by atoms with van der Waals surface area (Å²) in [5.41, 5.74) is 1.99. The number of unbranched alkanes of at least 4 members (excludes halogenated alkanes) is 1. The van der Waals surface area contributed by atoms with Gasteiger partial charge in [-0.2, -0.15) is 13.2 Å². The van der Waals surface area contributed by atoms with Crippen LogP contribution >= 0.6 is 0 Å². The molecule has 0 bridgehead atoms. The lowest BCUT2D eigenvalue weighted by atomic mass is 9.93. The summed E-state index contributed by atoms with van der Waals surface area (Å²) in [6, 6.07) is 5.35. The van der Waals surface area contributed by atoms with Gasteiger partial charge in [-0.1, -0.05) is 56.7 Å². The highest BCUT2D eigenvalue weighted by Gasteiger charge is 2.36. The molecule has 2 rings (SSSR count). The fraction of sp³-hybridized carbons (Fsp3) is 0.409. The second-order valence-electron chi connectivity index (χ2n) is 6.60. The van der Waals surface area contributed by atoms with E-state index in [1.165, 1.54) is 12.2 Å². The summed E-state index contributed by atoms with van der Waals surface area (Å²) in [5, 5.41) is 0. The number of fused-ring (bicyclic) bond motifs is 1. The van der Waals surface area contributed by atoms with Gasteiger partial charge in [-0.15, -0.1) is 0 Å². The lowest BCUT2D eigenvalue weighted by molar-refractivity contribution is -0.131. The van der Waals surface area contributed by atoms with Crippen molar-refractivity contribution in [3.63, 3.8) is 0 Å². The predicted molar refractivity (Wildman–Crippen MR) is 103 cm³/mol. The van der Waals surface area contributed by atoms with Crippen LogP contribution < -0.4 is 0 Å². The Morgan fingerprint density at radius 2 is 1.89 bits per heavy atom. The number of hydrogen-bond acceptors (Lipinski definition) is 1. The standard InChI is InChI=1S/C22H26F3NO/c1-4-7-9-19(20(10-8-5-2)22(23,24)25)16-11-12-17-14-26(21(27)6-3)15-18(17)13-16/h4,7,9-13H,5-6,8,14-15H2,1-3H3/b7-4-,19-9-,20-10-. The van der Waals surface area contributed by atoms with E-state index in [4.69, 9.17) is 0 Å². The molecular formula is C22H26F3NO. The minimum Gasteiger partial charge on any atom is -0.334 e. The van der Waals surface area contributed by atoms with Crippen LogP contribution in [-0.2, 0) is 17.9 Å². The number of carbonyl (C=O) groups excluding carboxylic acids is 1. The molecule has 0 saturated carbocycles. The number of nitrogens with zero attached hydrogens (tertiary/aromatic N) is 1.